The van der Waals surface area contributed by atoms with Gasteiger partial charge in [-0.05, 0) is 42.1 Å². The standard InChI is InChI=1S/C14H13N3O2S/c1-8-7-9(3-4-11(8)18-2)13-16-14(19-17-13)10-5-6-20-12(10)15/h3-7H,15H2,1-2H3. The van der Waals surface area contributed by atoms with Gasteiger partial charge in [-0.3, -0.25) is 0 Å². The van der Waals surface area contributed by atoms with Crippen LogP contribution in [-0.4, -0.2) is 17.3 Å². The highest BCUT2D eigenvalue weighted by molar-refractivity contribution is 7.14. The molecule has 0 fully saturated rings. The molecule has 0 aliphatic carbocycles. The molecule has 0 saturated carbocycles. The second kappa shape index (κ2) is 4.97. The van der Waals surface area contributed by atoms with Crippen LogP contribution in [0.15, 0.2) is 34.2 Å². The zero-order valence-corrected chi connectivity index (χ0v) is 11.9. The first-order valence-corrected chi connectivity index (χ1v) is 6.89. The topological polar surface area (TPSA) is 74.2 Å². The Morgan fingerprint density at radius 3 is 2.80 bits per heavy atom. The lowest BCUT2D eigenvalue weighted by Gasteiger charge is -2.04. The van der Waals surface area contributed by atoms with Crippen molar-refractivity contribution in [2.75, 3.05) is 12.8 Å². The predicted molar refractivity (Wildman–Crippen MR) is 78.7 cm³/mol. The van der Waals surface area contributed by atoms with Crippen molar-refractivity contribution in [2.24, 2.45) is 0 Å². The van der Waals surface area contributed by atoms with Gasteiger partial charge >= 0.3 is 0 Å². The zero-order valence-electron chi connectivity index (χ0n) is 11.1. The van der Waals surface area contributed by atoms with Gasteiger partial charge in [0.25, 0.3) is 5.89 Å². The van der Waals surface area contributed by atoms with E-state index in [1.165, 1.54) is 11.3 Å². The minimum atomic E-state index is 0.437. The highest BCUT2D eigenvalue weighted by Crippen LogP contribution is 2.31. The lowest BCUT2D eigenvalue weighted by Crippen LogP contribution is -1.88. The Balaban J connectivity index is 1.98. The third-order valence-corrected chi connectivity index (χ3v) is 3.75. The quantitative estimate of drug-likeness (QED) is 0.799. The summed E-state index contributed by atoms with van der Waals surface area (Å²) < 4.78 is 10.5. The van der Waals surface area contributed by atoms with Crippen LogP contribution in [0, 0.1) is 6.92 Å². The molecule has 0 amide bonds. The molecule has 0 aliphatic rings. The van der Waals surface area contributed by atoms with E-state index in [2.05, 4.69) is 10.1 Å². The molecule has 3 aromatic rings. The number of hydrogen-bond acceptors (Lipinski definition) is 6. The van der Waals surface area contributed by atoms with Gasteiger partial charge < -0.3 is 15.0 Å². The number of nitrogen functional groups attached to an aromatic ring is 1. The summed E-state index contributed by atoms with van der Waals surface area (Å²) in [6, 6.07) is 7.62. The van der Waals surface area contributed by atoms with Crippen molar-refractivity contribution >= 4 is 16.3 Å². The molecule has 2 N–H and O–H groups in total. The van der Waals surface area contributed by atoms with Gasteiger partial charge in [0, 0.05) is 5.56 Å². The third-order valence-electron chi connectivity index (χ3n) is 3.00. The second-order valence-corrected chi connectivity index (χ2v) is 5.25. The number of benzene rings is 1. The number of ether oxygens (including phenoxy) is 1. The van der Waals surface area contributed by atoms with E-state index in [-0.39, 0.29) is 0 Å². The number of aryl methyl sites for hydroxylation is 1. The Morgan fingerprint density at radius 2 is 2.15 bits per heavy atom. The van der Waals surface area contributed by atoms with Crippen LogP contribution >= 0.6 is 11.3 Å². The molecule has 102 valence electrons. The number of aromatic nitrogens is 2. The van der Waals surface area contributed by atoms with Gasteiger partial charge in [0.15, 0.2) is 0 Å². The molecule has 0 radical (unpaired) electrons. The fourth-order valence-electron chi connectivity index (χ4n) is 1.97. The number of rotatable bonds is 3. The summed E-state index contributed by atoms with van der Waals surface area (Å²) in [6.45, 7) is 1.97. The number of nitrogens with zero attached hydrogens (tertiary/aromatic N) is 2. The summed E-state index contributed by atoms with van der Waals surface area (Å²) in [7, 11) is 1.65. The third kappa shape index (κ3) is 2.14. The second-order valence-electron chi connectivity index (χ2n) is 4.31. The summed E-state index contributed by atoms with van der Waals surface area (Å²) >= 11 is 1.45. The Bertz CT molecular complexity index is 748. The van der Waals surface area contributed by atoms with E-state index < -0.39 is 0 Å². The zero-order chi connectivity index (χ0) is 14.1. The van der Waals surface area contributed by atoms with Crippen LogP contribution in [0.2, 0.25) is 0 Å². The van der Waals surface area contributed by atoms with Gasteiger partial charge in [0.05, 0.1) is 17.7 Å². The lowest BCUT2D eigenvalue weighted by molar-refractivity contribution is 0.411. The molecule has 0 aliphatic heterocycles. The average Bonchev–Trinajstić information content (AvgIpc) is 3.07. The summed E-state index contributed by atoms with van der Waals surface area (Å²) in [5.74, 6) is 1.81. The average molecular weight is 287 g/mol. The maximum Gasteiger partial charge on any atom is 0.261 e. The molecule has 0 atom stereocenters. The molecule has 20 heavy (non-hydrogen) atoms. The Hall–Kier alpha value is -2.34. The first-order valence-electron chi connectivity index (χ1n) is 6.01. The monoisotopic (exact) mass is 287 g/mol. The van der Waals surface area contributed by atoms with Crippen molar-refractivity contribution in [1.82, 2.24) is 10.1 Å². The van der Waals surface area contributed by atoms with Gasteiger partial charge in [-0.25, -0.2) is 0 Å². The van der Waals surface area contributed by atoms with E-state index in [0.717, 1.165) is 22.4 Å². The lowest BCUT2D eigenvalue weighted by atomic mass is 10.1. The molecule has 0 unspecified atom stereocenters. The minimum absolute atomic E-state index is 0.437. The fourth-order valence-corrected chi connectivity index (χ4v) is 2.60. The summed E-state index contributed by atoms with van der Waals surface area (Å²) in [4.78, 5) is 4.39. The van der Waals surface area contributed by atoms with Crippen molar-refractivity contribution < 1.29 is 9.26 Å². The number of methoxy groups -OCH3 is 1. The summed E-state index contributed by atoms with van der Waals surface area (Å²) in [5.41, 5.74) is 8.53. The predicted octanol–water partition coefficient (Wildman–Crippen LogP) is 3.36. The van der Waals surface area contributed by atoms with E-state index in [4.69, 9.17) is 15.0 Å². The van der Waals surface area contributed by atoms with Crippen LogP contribution in [0.25, 0.3) is 22.8 Å². The van der Waals surface area contributed by atoms with Crippen LogP contribution in [-0.2, 0) is 0 Å². The molecule has 6 heteroatoms. The molecule has 3 rings (SSSR count). The largest absolute Gasteiger partial charge is 0.496 e. The molecule has 5 nitrogen and oxygen atoms in total. The van der Waals surface area contributed by atoms with E-state index in [9.17, 15) is 0 Å². The van der Waals surface area contributed by atoms with Crippen LogP contribution in [0.4, 0.5) is 5.00 Å². The Kier molecular flexibility index (Phi) is 3.15. The number of hydrogen-bond donors (Lipinski definition) is 1. The van der Waals surface area contributed by atoms with Crippen LogP contribution in [0.1, 0.15) is 5.56 Å². The van der Waals surface area contributed by atoms with E-state index >= 15 is 0 Å². The maximum absolute atomic E-state index is 5.86. The van der Waals surface area contributed by atoms with E-state index in [0.29, 0.717) is 16.7 Å². The van der Waals surface area contributed by atoms with Gasteiger partial charge in [0.2, 0.25) is 5.82 Å². The molecule has 2 heterocycles. The number of anilines is 1. The summed E-state index contributed by atoms with van der Waals surface area (Å²) in [6.07, 6.45) is 0. The molecule has 1 aromatic carbocycles. The van der Waals surface area contributed by atoms with Crippen molar-refractivity contribution in [1.29, 1.82) is 0 Å². The smallest absolute Gasteiger partial charge is 0.261 e. The highest BCUT2D eigenvalue weighted by Gasteiger charge is 2.14. The molecular formula is C14H13N3O2S. The number of thiophene rings is 1. The van der Waals surface area contributed by atoms with E-state index in [1.807, 2.05) is 36.6 Å². The van der Waals surface area contributed by atoms with E-state index in [1.54, 1.807) is 7.11 Å². The molecule has 0 saturated heterocycles. The first kappa shape index (κ1) is 12.7. The highest BCUT2D eigenvalue weighted by atomic mass is 32.1. The van der Waals surface area contributed by atoms with Crippen molar-refractivity contribution in [3.8, 4) is 28.6 Å². The van der Waals surface area contributed by atoms with Crippen molar-refractivity contribution in [2.45, 2.75) is 6.92 Å². The molecule has 2 aromatic heterocycles. The van der Waals surface area contributed by atoms with Crippen LogP contribution in [0.3, 0.4) is 0 Å². The van der Waals surface area contributed by atoms with Crippen LogP contribution < -0.4 is 10.5 Å². The molecular weight excluding hydrogens is 274 g/mol. The first-order chi connectivity index (χ1) is 9.69. The van der Waals surface area contributed by atoms with Gasteiger partial charge in [-0.2, -0.15) is 4.98 Å². The Labute approximate surface area is 120 Å². The minimum Gasteiger partial charge on any atom is -0.496 e. The molecule has 0 spiro atoms. The van der Waals surface area contributed by atoms with Crippen molar-refractivity contribution in [3.05, 3.63) is 35.2 Å². The van der Waals surface area contributed by atoms with Gasteiger partial charge in [0.1, 0.15) is 5.75 Å². The SMILES string of the molecule is COc1ccc(-c2noc(-c3ccsc3N)n2)cc1C. The van der Waals surface area contributed by atoms with Crippen molar-refractivity contribution in [3.63, 3.8) is 0 Å². The molecule has 0 bridgehead atoms. The number of nitrogens with two attached hydrogens (primary N) is 1. The van der Waals surface area contributed by atoms with Crippen LogP contribution in [0.5, 0.6) is 5.75 Å². The Morgan fingerprint density at radius 1 is 1.30 bits per heavy atom. The van der Waals surface area contributed by atoms with Gasteiger partial charge in [-0.15, -0.1) is 11.3 Å². The normalized spacial score (nSPS) is 10.7. The summed E-state index contributed by atoms with van der Waals surface area (Å²) in [5, 5.41) is 6.57. The maximum atomic E-state index is 5.86. The van der Waals surface area contributed by atoms with Gasteiger partial charge in [-0.1, -0.05) is 5.16 Å². The fraction of sp³-hybridized carbons (Fsp3) is 0.143.